The molecule has 4 rings (SSSR count). The predicted octanol–water partition coefficient (Wildman–Crippen LogP) is 3.88. The number of nitrogens with zero attached hydrogens (tertiary/aromatic N) is 2. The van der Waals surface area contributed by atoms with Gasteiger partial charge in [-0.15, -0.1) is 0 Å². The summed E-state index contributed by atoms with van der Waals surface area (Å²) >= 11 is 0. The number of rotatable bonds is 16. The maximum atomic E-state index is 14.0. The molecule has 0 saturated carbocycles. The van der Waals surface area contributed by atoms with E-state index in [1.165, 1.54) is 4.90 Å². The minimum atomic E-state index is -4.08. The maximum absolute atomic E-state index is 14.0. The predicted molar refractivity (Wildman–Crippen MR) is 219 cm³/mol. The van der Waals surface area contributed by atoms with E-state index < -0.39 is 69.6 Å². The van der Waals surface area contributed by atoms with Gasteiger partial charge in [-0.3, -0.25) is 25.2 Å². The molecule has 6 N–H and O–H groups in total. The van der Waals surface area contributed by atoms with Gasteiger partial charge in [0.25, 0.3) is 0 Å². The van der Waals surface area contributed by atoms with Crippen molar-refractivity contribution >= 4 is 46.1 Å². The first kappa shape index (κ1) is 45.7. The van der Waals surface area contributed by atoms with Crippen LogP contribution in [0.15, 0.2) is 96.0 Å². The van der Waals surface area contributed by atoms with E-state index in [-0.39, 0.29) is 51.5 Å². The van der Waals surface area contributed by atoms with E-state index in [1.54, 1.807) is 69.3 Å². The number of ether oxygens (including phenoxy) is 3. The number of carbonyl (C=O) groups excluding carboxylic acids is 5. The highest BCUT2D eigenvalue weighted by Crippen LogP contribution is 2.21. The van der Waals surface area contributed by atoms with Gasteiger partial charge in [-0.05, 0) is 63.1 Å². The summed E-state index contributed by atoms with van der Waals surface area (Å²) in [6.07, 6.45) is -1.44. The van der Waals surface area contributed by atoms with Crippen LogP contribution in [0.4, 0.5) is 14.4 Å². The largest absolute Gasteiger partial charge is 0.444 e. The number of sulfonamides is 1. The molecule has 0 aromatic heterocycles. The molecule has 0 aliphatic carbocycles. The second kappa shape index (κ2) is 22.2. The van der Waals surface area contributed by atoms with E-state index in [1.807, 2.05) is 42.5 Å². The summed E-state index contributed by atoms with van der Waals surface area (Å²) in [5, 5.41) is 15.6. The summed E-state index contributed by atoms with van der Waals surface area (Å²) in [6.45, 7) is 5.19. The highest BCUT2D eigenvalue weighted by molar-refractivity contribution is 7.89. The third-order valence-corrected chi connectivity index (χ3v) is 9.60. The Morgan fingerprint density at radius 1 is 0.797 bits per heavy atom. The number of aliphatic imine (C=N–C) groups is 1. The van der Waals surface area contributed by atoms with Crippen molar-refractivity contribution in [1.29, 1.82) is 0 Å². The number of nitrogens with two attached hydrogens (primary N) is 1. The van der Waals surface area contributed by atoms with Crippen molar-refractivity contribution in [2.45, 2.75) is 89.8 Å². The first-order valence-corrected chi connectivity index (χ1v) is 20.9. The van der Waals surface area contributed by atoms with Crippen LogP contribution in [0.25, 0.3) is 0 Å². The molecule has 0 spiro atoms. The van der Waals surface area contributed by atoms with Crippen LogP contribution in [0.3, 0.4) is 0 Å². The van der Waals surface area contributed by atoms with Gasteiger partial charge >= 0.3 is 18.3 Å². The first-order chi connectivity index (χ1) is 28.0. The topological polar surface area (TPSA) is 237 Å². The second-order valence-electron chi connectivity index (χ2n) is 14.9. The average molecular weight is 836 g/mol. The molecule has 17 nitrogen and oxygen atoms in total. The number of likely N-dealkylation sites (tertiary alicyclic amines) is 1. The zero-order chi connectivity index (χ0) is 42.8. The smallest absolute Gasteiger partial charge is 0.414 e. The number of carbonyl (C=O) groups is 5. The molecule has 3 aromatic carbocycles. The summed E-state index contributed by atoms with van der Waals surface area (Å²) in [7, 11) is -4.08. The van der Waals surface area contributed by atoms with Gasteiger partial charge in [-0.25, -0.2) is 27.9 Å². The maximum Gasteiger partial charge on any atom is 0.414 e. The SMILES string of the molecule is CC(C)(C)OC(=O)N[C@H](Cc1ccccc1)C(=O)N1CCC[C@H]1C(=O)N[C@@H](CCCN=C(NC(=O)OCc1ccccc1)NC(=O)OCc1ccccc1)CS(N)(=O)=O. The fraction of sp³-hybridized carbons (Fsp3) is 0.415. The van der Waals surface area contributed by atoms with E-state index >= 15 is 0 Å². The lowest BCUT2D eigenvalue weighted by molar-refractivity contribution is -0.140. The molecule has 0 unspecified atom stereocenters. The molecule has 0 radical (unpaired) electrons. The van der Waals surface area contributed by atoms with Crippen molar-refractivity contribution < 1.29 is 46.6 Å². The molecule has 1 saturated heterocycles. The molecule has 3 atom stereocenters. The standard InChI is InChI=1S/C41H53N7O10S/c1-41(2,3)58-40(53)45-33(25-29-15-7-4-8-16-29)36(50)48-24-14-22-34(48)35(49)44-32(28-59(42,54)55)21-13-23-43-37(46-38(51)56-26-30-17-9-5-10-18-30)47-39(52)57-27-31-19-11-6-12-20-31/h4-12,15-20,32-34H,13-14,21-28H2,1-3H3,(H,44,49)(H,45,53)(H2,42,54,55)(H2,43,46,47,51,52)/t32-,33+,34-/m0/s1. The lowest BCUT2D eigenvalue weighted by Gasteiger charge is -2.30. The molecule has 1 fully saturated rings. The Morgan fingerprint density at radius 2 is 1.32 bits per heavy atom. The van der Waals surface area contributed by atoms with Gasteiger partial charge in [0, 0.05) is 25.6 Å². The van der Waals surface area contributed by atoms with Crippen LogP contribution >= 0.6 is 0 Å². The molecular weight excluding hydrogens is 783 g/mol. The Bertz CT molecular complexity index is 1940. The minimum absolute atomic E-state index is 0.0458. The van der Waals surface area contributed by atoms with Gasteiger partial charge in [0.2, 0.25) is 27.8 Å². The third kappa shape index (κ3) is 17.2. The van der Waals surface area contributed by atoms with Crippen LogP contribution in [-0.4, -0.2) is 91.9 Å². The van der Waals surface area contributed by atoms with E-state index in [0.29, 0.717) is 12.8 Å². The Morgan fingerprint density at radius 3 is 1.83 bits per heavy atom. The highest BCUT2D eigenvalue weighted by Gasteiger charge is 2.39. The molecule has 18 heteroatoms. The molecule has 5 amide bonds. The van der Waals surface area contributed by atoms with Crippen LogP contribution in [-0.2, 0) is 53.5 Å². The molecule has 59 heavy (non-hydrogen) atoms. The number of primary sulfonamides is 1. The van der Waals surface area contributed by atoms with Crippen LogP contribution in [0, 0.1) is 0 Å². The summed E-state index contributed by atoms with van der Waals surface area (Å²) in [5.41, 5.74) is 1.42. The molecule has 318 valence electrons. The van der Waals surface area contributed by atoms with E-state index in [0.717, 1.165) is 16.7 Å². The number of nitrogens with one attached hydrogen (secondary N) is 4. The quantitative estimate of drug-likeness (QED) is 0.0604. The van der Waals surface area contributed by atoms with Crippen molar-refractivity contribution in [2.24, 2.45) is 10.1 Å². The summed E-state index contributed by atoms with van der Waals surface area (Å²) < 4.78 is 40.4. The van der Waals surface area contributed by atoms with Crippen LogP contribution < -0.4 is 26.4 Å². The van der Waals surface area contributed by atoms with Crippen molar-refractivity contribution in [3.63, 3.8) is 0 Å². The highest BCUT2D eigenvalue weighted by atomic mass is 32.2. The second-order valence-corrected chi connectivity index (χ2v) is 16.5. The molecule has 1 aliphatic heterocycles. The Labute approximate surface area is 344 Å². The number of amides is 5. The first-order valence-electron chi connectivity index (χ1n) is 19.2. The van der Waals surface area contributed by atoms with Gasteiger partial charge in [0.15, 0.2) is 0 Å². The zero-order valence-electron chi connectivity index (χ0n) is 33.4. The molecular formula is C41H53N7O10S. The van der Waals surface area contributed by atoms with E-state index in [4.69, 9.17) is 19.3 Å². The van der Waals surface area contributed by atoms with Crippen LogP contribution in [0.5, 0.6) is 0 Å². The normalized spacial score (nSPS) is 14.8. The minimum Gasteiger partial charge on any atom is -0.444 e. The monoisotopic (exact) mass is 835 g/mol. The number of alkyl carbamates (subject to hydrolysis) is 3. The number of hydrogen-bond acceptors (Lipinski definition) is 11. The van der Waals surface area contributed by atoms with Crippen molar-refractivity contribution in [3.05, 3.63) is 108 Å². The lowest BCUT2D eigenvalue weighted by Crippen LogP contribution is -2.56. The molecule has 1 aliphatic rings. The molecule has 3 aromatic rings. The number of hydrogen-bond donors (Lipinski definition) is 5. The van der Waals surface area contributed by atoms with Crippen molar-refractivity contribution in [3.8, 4) is 0 Å². The Balaban J connectivity index is 1.41. The van der Waals surface area contributed by atoms with Crippen molar-refractivity contribution in [1.82, 2.24) is 26.2 Å². The van der Waals surface area contributed by atoms with Gasteiger partial charge in [0.05, 0.1) is 5.75 Å². The van der Waals surface area contributed by atoms with Crippen molar-refractivity contribution in [2.75, 3.05) is 18.8 Å². The lowest BCUT2D eigenvalue weighted by atomic mass is 10.0. The van der Waals surface area contributed by atoms with Crippen LogP contribution in [0.2, 0.25) is 0 Å². The number of guanidine groups is 1. The Hall–Kier alpha value is -6.01. The number of benzene rings is 3. The summed E-state index contributed by atoms with van der Waals surface area (Å²) in [5.74, 6) is -1.97. The fourth-order valence-corrected chi connectivity index (χ4v) is 6.94. The molecule has 0 bridgehead atoms. The summed E-state index contributed by atoms with van der Waals surface area (Å²) in [6, 6.07) is 24.0. The van der Waals surface area contributed by atoms with Gasteiger partial charge in [0.1, 0.15) is 30.9 Å². The van der Waals surface area contributed by atoms with Gasteiger partial charge in [-0.2, -0.15) is 0 Å². The zero-order valence-corrected chi connectivity index (χ0v) is 34.2. The average Bonchev–Trinajstić information content (AvgIpc) is 3.68. The van der Waals surface area contributed by atoms with Gasteiger partial charge in [-0.1, -0.05) is 91.0 Å². The van der Waals surface area contributed by atoms with E-state index in [9.17, 15) is 32.4 Å². The van der Waals surface area contributed by atoms with E-state index in [2.05, 4.69) is 26.3 Å². The van der Waals surface area contributed by atoms with Gasteiger partial charge < -0.3 is 29.7 Å². The summed E-state index contributed by atoms with van der Waals surface area (Å²) in [4.78, 5) is 71.5. The van der Waals surface area contributed by atoms with Crippen LogP contribution in [0.1, 0.15) is 63.1 Å². The molecule has 1 heterocycles. The third-order valence-electron chi connectivity index (χ3n) is 8.74. The fourth-order valence-electron chi connectivity index (χ4n) is 6.13. The Kier molecular flexibility index (Phi) is 17.2.